The van der Waals surface area contributed by atoms with Crippen molar-refractivity contribution in [2.24, 2.45) is 11.7 Å². The molecule has 2 saturated heterocycles. The van der Waals surface area contributed by atoms with Gasteiger partial charge in [0.2, 0.25) is 11.9 Å². The first kappa shape index (κ1) is 16.1. The van der Waals surface area contributed by atoms with Crippen molar-refractivity contribution >= 4 is 28.6 Å². The number of para-hydroxylation sites is 1. The fourth-order valence-corrected chi connectivity index (χ4v) is 3.57. The van der Waals surface area contributed by atoms with E-state index in [1.54, 1.807) is 0 Å². The van der Waals surface area contributed by atoms with E-state index in [0.717, 1.165) is 74.9 Å². The molecule has 0 unspecified atom stereocenters. The number of nitrogens with zero attached hydrogens (tertiary/aromatic N) is 4. The fourth-order valence-electron chi connectivity index (χ4n) is 3.57. The Balaban J connectivity index is 1.66. The first-order valence-corrected chi connectivity index (χ1v) is 8.86. The highest BCUT2D eigenvalue weighted by Gasteiger charge is 2.26. The average Bonchev–Trinajstić information content (AvgIpc) is 2.68. The molecule has 1 aromatic carbocycles. The third-order valence-corrected chi connectivity index (χ3v) is 5.06. The molecule has 3 heterocycles. The number of primary amides is 1. The number of hydrogen-bond donors (Lipinski definition) is 1. The first-order valence-electron chi connectivity index (χ1n) is 8.86. The lowest BCUT2D eigenvalue weighted by Crippen LogP contribution is -2.40. The molecule has 0 atom stereocenters. The minimum Gasteiger partial charge on any atom is -0.378 e. The summed E-state index contributed by atoms with van der Waals surface area (Å²) in [6.07, 6.45) is 1.52. The number of rotatable bonds is 3. The highest BCUT2D eigenvalue weighted by Crippen LogP contribution is 2.29. The molecule has 0 radical (unpaired) electrons. The zero-order valence-corrected chi connectivity index (χ0v) is 14.2. The Morgan fingerprint density at radius 3 is 2.48 bits per heavy atom. The Kier molecular flexibility index (Phi) is 4.40. The SMILES string of the molecule is NC(=O)C1CCN(c2nc(N3CCOCC3)c3ccccc3n2)CC1. The number of carbonyl (C=O) groups excluding carboxylic acids is 1. The molecule has 2 aliphatic rings. The molecule has 0 saturated carbocycles. The summed E-state index contributed by atoms with van der Waals surface area (Å²) in [6, 6.07) is 8.12. The number of anilines is 2. The highest BCUT2D eigenvalue weighted by molar-refractivity contribution is 5.90. The molecule has 0 bridgehead atoms. The number of morpholine rings is 1. The molecular weight excluding hydrogens is 318 g/mol. The van der Waals surface area contributed by atoms with Crippen molar-refractivity contribution in [3.63, 3.8) is 0 Å². The quantitative estimate of drug-likeness (QED) is 0.902. The van der Waals surface area contributed by atoms with Gasteiger partial charge in [0.1, 0.15) is 5.82 Å². The van der Waals surface area contributed by atoms with Crippen LogP contribution >= 0.6 is 0 Å². The maximum Gasteiger partial charge on any atom is 0.227 e. The van der Waals surface area contributed by atoms with E-state index < -0.39 is 0 Å². The zero-order valence-electron chi connectivity index (χ0n) is 14.2. The second-order valence-electron chi connectivity index (χ2n) is 6.63. The minimum atomic E-state index is -0.201. The smallest absolute Gasteiger partial charge is 0.227 e. The van der Waals surface area contributed by atoms with Gasteiger partial charge in [0, 0.05) is 37.5 Å². The van der Waals surface area contributed by atoms with E-state index >= 15 is 0 Å². The van der Waals surface area contributed by atoms with Crippen molar-refractivity contribution in [2.45, 2.75) is 12.8 Å². The standard InChI is InChI=1S/C18H23N5O2/c19-16(24)13-5-7-23(8-6-13)18-20-15-4-2-1-3-14(15)17(21-18)22-9-11-25-12-10-22/h1-4,13H,5-12H2,(H2,19,24). The molecule has 2 N–H and O–H groups in total. The Labute approximate surface area is 146 Å². The molecule has 0 aliphatic carbocycles. The first-order chi connectivity index (χ1) is 12.2. The molecule has 4 rings (SSSR count). The third kappa shape index (κ3) is 3.24. The van der Waals surface area contributed by atoms with Gasteiger partial charge < -0.3 is 20.3 Å². The van der Waals surface area contributed by atoms with Crippen LogP contribution in [0.1, 0.15) is 12.8 Å². The number of amides is 1. The molecule has 2 aliphatic heterocycles. The molecule has 7 heteroatoms. The third-order valence-electron chi connectivity index (χ3n) is 5.06. The van der Waals surface area contributed by atoms with Crippen molar-refractivity contribution in [2.75, 3.05) is 49.2 Å². The van der Waals surface area contributed by atoms with Crippen LogP contribution in [0, 0.1) is 5.92 Å². The van der Waals surface area contributed by atoms with Crippen molar-refractivity contribution < 1.29 is 9.53 Å². The predicted octanol–water partition coefficient (Wildman–Crippen LogP) is 1.17. The number of piperidine rings is 1. The van der Waals surface area contributed by atoms with Crippen molar-refractivity contribution in [3.05, 3.63) is 24.3 Å². The van der Waals surface area contributed by atoms with Crippen LogP contribution < -0.4 is 15.5 Å². The number of aromatic nitrogens is 2. The average molecular weight is 341 g/mol. The summed E-state index contributed by atoms with van der Waals surface area (Å²) >= 11 is 0. The number of benzene rings is 1. The summed E-state index contributed by atoms with van der Waals surface area (Å²) in [5.74, 6) is 1.48. The van der Waals surface area contributed by atoms with E-state index in [4.69, 9.17) is 20.4 Å². The van der Waals surface area contributed by atoms with Gasteiger partial charge in [-0.2, -0.15) is 4.98 Å². The van der Waals surface area contributed by atoms with Gasteiger partial charge in [0.15, 0.2) is 0 Å². The number of fused-ring (bicyclic) bond motifs is 1. The van der Waals surface area contributed by atoms with Crippen LogP contribution in [0.5, 0.6) is 0 Å². The number of carbonyl (C=O) groups is 1. The summed E-state index contributed by atoms with van der Waals surface area (Å²) in [6.45, 7) is 4.63. The van der Waals surface area contributed by atoms with E-state index in [9.17, 15) is 4.79 Å². The van der Waals surface area contributed by atoms with Crippen LogP contribution in [0.3, 0.4) is 0 Å². The molecule has 0 spiro atoms. The molecule has 1 aromatic heterocycles. The lowest BCUT2D eigenvalue weighted by atomic mass is 9.96. The fraction of sp³-hybridized carbons (Fsp3) is 0.500. The van der Waals surface area contributed by atoms with E-state index in [2.05, 4.69) is 15.9 Å². The van der Waals surface area contributed by atoms with E-state index in [1.165, 1.54) is 0 Å². The summed E-state index contributed by atoms with van der Waals surface area (Å²) in [7, 11) is 0. The van der Waals surface area contributed by atoms with Gasteiger partial charge in [0.05, 0.1) is 18.7 Å². The molecule has 25 heavy (non-hydrogen) atoms. The zero-order chi connectivity index (χ0) is 17.2. The van der Waals surface area contributed by atoms with Crippen LogP contribution in [0.25, 0.3) is 10.9 Å². The Morgan fingerprint density at radius 2 is 1.76 bits per heavy atom. The van der Waals surface area contributed by atoms with E-state index in [-0.39, 0.29) is 11.8 Å². The van der Waals surface area contributed by atoms with Crippen LogP contribution in [0.2, 0.25) is 0 Å². The van der Waals surface area contributed by atoms with E-state index in [1.807, 2.05) is 18.2 Å². The largest absolute Gasteiger partial charge is 0.378 e. The molecule has 2 aromatic rings. The summed E-state index contributed by atoms with van der Waals surface area (Å²) in [5.41, 5.74) is 6.39. The number of ether oxygens (including phenoxy) is 1. The van der Waals surface area contributed by atoms with Crippen LogP contribution in [0.15, 0.2) is 24.3 Å². The van der Waals surface area contributed by atoms with Crippen LogP contribution in [-0.2, 0) is 9.53 Å². The van der Waals surface area contributed by atoms with E-state index in [0.29, 0.717) is 0 Å². The van der Waals surface area contributed by atoms with Gasteiger partial charge in [-0.1, -0.05) is 12.1 Å². The highest BCUT2D eigenvalue weighted by atomic mass is 16.5. The Bertz CT molecular complexity index is 767. The predicted molar refractivity (Wildman–Crippen MR) is 96.7 cm³/mol. The summed E-state index contributed by atoms with van der Waals surface area (Å²) in [4.78, 5) is 25.5. The second kappa shape index (κ2) is 6.84. The molecule has 132 valence electrons. The van der Waals surface area contributed by atoms with Gasteiger partial charge in [0.25, 0.3) is 0 Å². The monoisotopic (exact) mass is 341 g/mol. The lowest BCUT2D eigenvalue weighted by Gasteiger charge is -2.33. The van der Waals surface area contributed by atoms with Gasteiger partial charge in [-0.25, -0.2) is 4.98 Å². The molecule has 7 nitrogen and oxygen atoms in total. The van der Waals surface area contributed by atoms with Crippen molar-refractivity contribution in [3.8, 4) is 0 Å². The van der Waals surface area contributed by atoms with Gasteiger partial charge in [-0.15, -0.1) is 0 Å². The normalized spacial score (nSPS) is 19.4. The van der Waals surface area contributed by atoms with Crippen molar-refractivity contribution in [1.82, 2.24) is 9.97 Å². The Morgan fingerprint density at radius 1 is 1.04 bits per heavy atom. The number of hydrogen-bond acceptors (Lipinski definition) is 6. The Hall–Kier alpha value is -2.41. The number of nitrogens with two attached hydrogens (primary N) is 1. The van der Waals surface area contributed by atoms with Gasteiger partial charge in [-0.05, 0) is 25.0 Å². The topological polar surface area (TPSA) is 84.6 Å². The minimum absolute atomic E-state index is 0.0320. The maximum absolute atomic E-state index is 11.4. The van der Waals surface area contributed by atoms with Gasteiger partial charge >= 0.3 is 0 Å². The molecular formula is C18H23N5O2. The second-order valence-corrected chi connectivity index (χ2v) is 6.63. The lowest BCUT2D eigenvalue weighted by molar-refractivity contribution is -0.122. The molecule has 2 fully saturated rings. The molecule has 1 amide bonds. The van der Waals surface area contributed by atoms with Crippen LogP contribution in [-0.4, -0.2) is 55.3 Å². The maximum atomic E-state index is 11.4. The van der Waals surface area contributed by atoms with Gasteiger partial charge in [-0.3, -0.25) is 4.79 Å². The van der Waals surface area contributed by atoms with Crippen LogP contribution in [0.4, 0.5) is 11.8 Å². The summed E-state index contributed by atoms with van der Waals surface area (Å²) in [5, 5.41) is 1.07. The van der Waals surface area contributed by atoms with Crippen molar-refractivity contribution in [1.29, 1.82) is 0 Å². The summed E-state index contributed by atoms with van der Waals surface area (Å²) < 4.78 is 5.47.